The molecule has 6 nitrogen and oxygen atoms in total. The molecule has 3 aromatic rings. The van der Waals surface area contributed by atoms with Gasteiger partial charge in [0.15, 0.2) is 5.65 Å². The number of anilines is 1. The number of aryl methyl sites for hydroxylation is 2. The minimum absolute atomic E-state index is 0.350. The molecule has 3 heterocycles. The number of hydrogen-bond donors (Lipinski definition) is 1. The highest BCUT2D eigenvalue weighted by molar-refractivity contribution is 5.78. The third kappa shape index (κ3) is 2.91. The monoisotopic (exact) mass is 338 g/mol. The van der Waals surface area contributed by atoms with Gasteiger partial charge in [0.05, 0.1) is 11.7 Å². The zero-order valence-electron chi connectivity index (χ0n) is 15.0. The Hall–Kier alpha value is -2.34. The number of nitrogens with two attached hydrogens (primary N) is 1. The number of rotatable bonds is 4. The molecule has 0 saturated carbocycles. The number of fused-ring (bicyclic) bond motifs is 1. The van der Waals surface area contributed by atoms with E-state index in [1.165, 1.54) is 12.0 Å². The summed E-state index contributed by atoms with van der Waals surface area (Å²) in [6, 6.07) is 11.0. The second-order valence-corrected chi connectivity index (χ2v) is 6.95. The quantitative estimate of drug-likeness (QED) is 0.794. The Morgan fingerprint density at radius 2 is 2.04 bits per heavy atom. The van der Waals surface area contributed by atoms with Crippen LogP contribution in [0.25, 0.3) is 11.2 Å². The van der Waals surface area contributed by atoms with Gasteiger partial charge in [-0.1, -0.05) is 37.3 Å². The van der Waals surface area contributed by atoms with E-state index in [9.17, 15) is 0 Å². The van der Waals surface area contributed by atoms with Crippen molar-refractivity contribution in [3.05, 3.63) is 41.6 Å². The van der Waals surface area contributed by atoms with E-state index >= 15 is 0 Å². The average Bonchev–Trinajstić information content (AvgIpc) is 3.12. The molecule has 25 heavy (non-hydrogen) atoms. The van der Waals surface area contributed by atoms with Gasteiger partial charge in [-0.25, -0.2) is 4.98 Å². The summed E-state index contributed by atoms with van der Waals surface area (Å²) >= 11 is 0. The van der Waals surface area contributed by atoms with E-state index in [2.05, 4.69) is 56.8 Å². The Morgan fingerprint density at radius 1 is 1.24 bits per heavy atom. The van der Waals surface area contributed by atoms with E-state index in [1.54, 1.807) is 0 Å². The lowest BCUT2D eigenvalue weighted by Gasteiger charge is -2.34. The molecule has 2 aromatic heterocycles. The van der Waals surface area contributed by atoms with Crippen LogP contribution >= 0.6 is 0 Å². The molecule has 1 aromatic carbocycles. The van der Waals surface area contributed by atoms with Crippen LogP contribution in [0, 0.1) is 0 Å². The van der Waals surface area contributed by atoms with Crippen molar-refractivity contribution >= 4 is 17.1 Å². The van der Waals surface area contributed by atoms with Gasteiger partial charge in [0.25, 0.3) is 0 Å². The number of likely N-dealkylation sites (tertiary alicyclic amines) is 1. The highest BCUT2D eigenvalue weighted by atomic mass is 15.4. The zero-order chi connectivity index (χ0) is 17.4. The third-order valence-corrected chi connectivity index (χ3v) is 5.19. The van der Waals surface area contributed by atoms with Crippen molar-refractivity contribution in [1.29, 1.82) is 0 Å². The van der Waals surface area contributed by atoms with Gasteiger partial charge in [0.2, 0.25) is 5.95 Å². The summed E-state index contributed by atoms with van der Waals surface area (Å²) in [4.78, 5) is 7.15. The SMILES string of the molecule is CCc1nn(C)c2c1nc(N)n2C1CCCN(Cc2ccccc2)C1. The summed E-state index contributed by atoms with van der Waals surface area (Å²) in [6.07, 6.45) is 3.18. The average molecular weight is 338 g/mol. The lowest BCUT2D eigenvalue weighted by molar-refractivity contribution is 0.172. The largest absolute Gasteiger partial charge is 0.369 e. The van der Waals surface area contributed by atoms with Crippen molar-refractivity contribution in [2.75, 3.05) is 18.8 Å². The van der Waals surface area contributed by atoms with Crippen molar-refractivity contribution in [3.63, 3.8) is 0 Å². The molecule has 0 aliphatic carbocycles. The number of nitrogens with zero attached hydrogens (tertiary/aromatic N) is 5. The van der Waals surface area contributed by atoms with Gasteiger partial charge in [-0.2, -0.15) is 5.10 Å². The predicted octanol–water partition coefficient (Wildman–Crippen LogP) is 2.75. The molecule has 0 spiro atoms. The molecule has 132 valence electrons. The van der Waals surface area contributed by atoms with Crippen LogP contribution < -0.4 is 5.73 Å². The minimum atomic E-state index is 0.350. The Kier molecular flexibility index (Phi) is 4.21. The highest BCUT2D eigenvalue weighted by Gasteiger charge is 2.27. The number of nitrogen functional groups attached to an aromatic ring is 1. The normalized spacial score (nSPS) is 18.9. The van der Waals surface area contributed by atoms with Crippen molar-refractivity contribution < 1.29 is 0 Å². The highest BCUT2D eigenvalue weighted by Crippen LogP contribution is 2.30. The summed E-state index contributed by atoms with van der Waals surface area (Å²) in [5.74, 6) is 0.615. The molecular formula is C19H26N6. The number of aromatic nitrogens is 4. The fourth-order valence-corrected chi connectivity index (χ4v) is 4.04. The standard InChI is InChI=1S/C19H26N6/c1-3-16-17-18(23(2)22-16)25(19(20)21-17)15-10-7-11-24(13-15)12-14-8-5-4-6-9-14/h4-6,8-9,15H,3,7,10-13H2,1-2H3,(H2,20,21). The number of piperidine rings is 1. The molecule has 1 saturated heterocycles. The minimum Gasteiger partial charge on any atom is -0.369 e. The molecule has 1 fully saturated rings. The van der Waals surface area contributed by atoms with E-state index < -0.39 is 0 Å². The van der Waals surface area contributed by atoms with Crippen LogP contribution in [-0.4, -0.2) is 37.3 Å². The van der Waals surface area contributed by atoms with Crippen LogP contribution in [-0.2, 0) is 20.0 Å². The number of benzene rings is 1. The molecule has 6 heteroatoms. The van der Waals surface area contributed by atoms with Crippen LogP contribution in [0.5, 0.6) is 0 Å². The molecule has 0 bridgehead atoms. The molecule has 1 unspecified atom stereocenters. The van der Waals surface area contributed by atoms with Gasteiger partial charge in [-0.15, -0.1) is 0 Å². The summed E-state index contributed by atoms with van der Waals surface area (Å²) in [6.45, 7) is 5.23. The first-order chi connectivity index (χ1) is 12.2. The maximum absolute atomic E-state index is 6.31. The van der Waals surface area contributed by atoms with Crippen LogP contribution in [0.3, 0.4) is 0 Å². The first kappa shape index (κ1) is 16.1. The van der Waals surface area contributed by atoms with Crippen molar-refractivity contribution in [2.45, 2.75) is 38.8 Å². The van der Waals surface area contributed by atoms with E-state index in [0.29, 0.717) is 12.0 Å². The van der Waals surface area contributed by atoms with Gasteiger partial charge in [-0.3, -0.25) is 14.1 Å². The van der Waals surface area contributed by atoms with Gasteiger partial charge in [0.1, 0.15) is 5.52 Å². The van der Waals surface area contributed by atoms with Gasteiger partial charge in [-0.05, 0) is 31.4 Å². The molecule has 0 amide bonds. The lowest BCUT2D eigenvalue weighted by atomic mass is 10.0. The van der Waals surface area contributed by atoms with Crippen LogP contribution in [0.1, 0.15) is 37.1 Å². The molecule has 4 rings (SSSR count). The van der Waals surface area contributed by atoms with Crippen molar-refractivity contribution in [1.82, 2.24) is 24.2 Å². The summed E-state index contributed by atoms with van der Waals surface area (Å²) < 4.78 is 4.15. The Bertz CT molecular complexity index is 863. The third-order valence-electron chi connectivity index (χ3n) is 5.19. The Morgan fingerprint density at radius 3 is 2.80 bits per heavy atom. The summed E-state index contributed by atoms with van der Waals surface area (Å²) in [5.41, 5.74) is 10.7. The fraction of sp³-hybridized carbons (Fsp3) is 0.474. The molecule has 2 N–H and O–H groups in total. The lowest BCUT2D eigenvalue weighted by Crippen LogP contribution is -2.36. The second-order valence-electron chi connectivity index (χ2n) is 6.95. The topological polar surface area (TPSA) is 64.9 Å². The smallest absolute Gasteiger partial charge is 0.202 e. The first-order valence-corrected chi connectivity index (χ1v) is 9.13. The van der Waals surface area contributed by atoms with Crippen molar-refractivity contribution in [3.8, 4) is 0 Å². The predicted molar refractivity (Wildman–Crippen MR) is 100 cm³/mol. The van der Waals surface area contributed by atoms with Gasteiger partial charge < -0.3 is 5.73 Å². The van der Waals surface area contributed by atoms with E-state index in [4.69, 9.17) is 5.73 Å². The van der Waals surface area contributed by atoms with Crippen LogP contribution in [0.2, 0.25) is 0 Å². The maximum atomic E-state index is 6.31. The number of imidazole rings is 1. The molecule has 0 radical (unpaired) electrons. The summed E-state index contributed by atoms with van der Waals surface area (Å²) in [5, 5.41) is 4.62. The maximum Gasteiger partial charge on any atom is 0.202 e. The van der Waals surface area contributed by atoms with Gasteiger partial charge >= 0.3 is 0 Å². The molecule has 1 aliphatic rings. The molecular weight excluding hydrogens is 312 g/mol. The molecule has 1 atom stereocenters. The molecule has 1 aliphatic heterocycles. The summed E-state index contributed by atoms with van der Waals surface area (Å²) in [7, 11) is 1.99. The van der Waals surface area contributed by atoms with E-state index in [-0.39, 0.29) is 0 Å². The van der Waals surface area contributed by atoms with E-state index in [0.717, 1.165) is 49.3 Å². The Balaban J connectivity index is 1.62. The first-order valence-electron chi connectivity index (χ1n) is 9.13. The van der Waals surface area contributed by atoms with Gasteiger partial charge in [0, 0.05) is 20.1 Å². The number of hydrogen-bond acceptors (Lipinski definition) is 4. The zero-order valence-corrected chi connectivity index (χ0v) is 15.0. The van der Waals surface area contributed by atoms with Crippen LogP contribution in [0.15, 0.2) is 30.3 Å². The van der Waals surface area contributed by atoms with Crippen LogP contribution in [0.4, 0.5) is 5.95 Å². The van der Waals surface area contributed by atoms with E-state index in [1.807, 2.05) is 11.7 Å². The second kappa shape index (κ2) is 6.52. The fourth-order valence-electron chi connectivity index (χ4n) is 4.04. The Labute approximate surface area is 148 Å². The van der Waals surface area contributed by atoms with Crippen molar-refractivity contribution in [2.24, 2.45) is 7.05 Å².